The number of carbonyl (C=O) groups is 1. The number of primary amides is 1. The Bertz CT molecular complexity index is 783. The topological polar surface area (TPSA) is 68.0 Å². The maximum Gasteiger partial charge on any atom is 0.250 e. The first-order chi connectivity index (χ1) is 10.7. The number of hydrogen-bond donors (Lipinski definition) is 2. The van der Waals surface area contributed by atoms with E-state index >= 15 is 0 Å². The fourth-order valence-corrected chi connectivity index (χ4v) is 2.15. The number of pyridine rings is 1. The minimum Gasteiger partial charge on any atom is -0.366 e. The molecule has 1 aromatic heterocycles. The van der Waals surface area contributed by atoms with E-state index in [1.54, 1.807) is 12.1 Å². The summed E-state index contributed by atoms with van der Waals surface area (Å²) in [7, 11) is 0. The lowest BCUT2D eigenvalue weighted by atomic mass is 10.1. The highest BCUT2D eigenvalue weighted by Crippen LogP contribution is 2.23. The maximum atomic E-state index is 11.1. The third kappa shape index (κ3) is 3.12. The zero-order valence-electron chi connectivity index (χ0n) is 11.9. The van der Waals surface area contributed by atoms with Gasteiger partial charge in [-0.05, 0) is 36.4 Å². The molecule has 22 heavy (non-hydrogen) atoms. The summed E-state index contributed by atoms with van der Waals surface area (Å²) in [6.07, 6.45) is 1.50. The van der Waals surface area contributed by atoms with Crippen molar-refractivity contribution in [2.45, 2.75) is 0 Å². The lowest BCUT2D eigenvalue weighted by Crippen LogP contribution is -2.10. The van der Waals surface area contributed by atoms with Crippen LogP contribution in [-0.2, 0) is 0 Å². The van der Waals surface area contributed by atoms with Crippen LogP contribution in [0.15, 0.2) is 72.9 Å². The van der Waals surface area contributed by atoms with E-state index in [9.17, 15) is 4.79 Å². The molecule has 0 radical (unpaired) electrons. The smallest absolute Gasteiger partial charge is 0.250 e. The molecule has 0 spiro atoms. The first-order valence-corrected chi connectivity index (χ1v) is 6.91. The molecule has 0 aliphatic rings. The van der Waals surface area contributed by atoms with Crippen LogP contribution in [0.2, 0.25) is 0 Å². The highest BCUT2D eigenvalue weighted by atomic mass is 16.1. The lowest BCUT2D eigenvalue weighted by Gasteiger charge is -2.08. The van der Waals surface area contributed by atoms with Crippen LogP contribution in [0.1, 0.15) is 10.4 Å². The molecule has 0 atom stereocenters. The molecule has 0 saturated heterocycles. The van der Waals surface area contributed by atoms with Crippen LogP contribution < -0.4 is 11.1 Å². The third-order valence-electron chi connectivity index (χ3n) is 3.27. The molecule has 1 amide bonds. The molecular weight excluding hydrogens is 274 g/mol. The highest BCUT2D eigenvalue weighted by Gasteiger charge is 2.04. The Balaban J connectivity index is 1.86. The van der Waals surface area contributed by atoms with E-state index in [2.05, 4.69) is 10.3 Å². The van der Waals surface area contributed by atoms with Gasteiger partial charge in [-0.2, -0.15) is 0 Å². The van der Waals surface area contributed by atoms with Crippen LogP contribution in [0, 0.1) is 0 Å². The van der Waals surface area contributed by atoms with Gasteiger partial charge < -0.3 is 11.1 Å². The quantitative estimate of drug-likeness (QED) is 0.771. The Kier molecular flexibility index (Phi) is 3.83. The Hall–Kier alpha value is -3.14. The van der Waals surface area contributed by atoms with Gasteiger partial charge in [0, 0.05) is 23.1 Å². The first-order valence-electron chi connectivity index (χ1n) is 6.91. The summed E-state index contributed by atoms with van der Waals surface area (Å²) < 4.78 is 0. The highest BCUT2D eigenvalue weighted by molar-refractivity contribution is 5.92. The van der Waals surface area contributed by atoms with Crippen molar-refractivity contribution in [2.75, 3.05) is 5.32 Å². The van der Waals surface area contributed by atoms with Gasteiger partial charge >= 0.3 is 0 Å². The minimum absolute atomic E-state index is 0.405. The van der Waals surface area contributed by atoms with E-state index in [1.165, 1.54) is 6.20 Å². The van der Waals surface area contributed by atoms with Crippen molar-refractivity contribution in [2.24, 2.45) is 5.73 Å². The Morgan fingerprint density at radius 2 is 1.68 bits per heavy atom. The second-order valence-electron chi connectivity index (χ2n) is 4.87. The molecule has 0 aliphatic heterocycles. The third-order valence-corrected chi connectivity index (χ3v) is 3.27. The fourth-order valence-electron chi connectivity index (χ4n) is 2.15. The Morgan fingerprint density at radius 3 is 2.36 bits per heavy atom. The van der Waals surface area contributed by atoms with Gasteiger partial charge in [-0.1, -0.05) is 30.3 Å². The maximum absolute atomic E-state index is 11.1. The Morgan fingerprint density at radius 1 is 0.909 bits per heavy atom. The average Bonchev–Trinajstić information content (AvgIpc) is 2.56. The normalized spacial score (nSPS) is 10.2. The number of carbonyl (C=O) groups excluding carboxylic acids is 1. The zero-order chi connectivity index (χ0) is 15.4. The predicted molar refractivity (Wildman–Crippen MR) is 87.9 cm³/mol. The van der Waals surface area contributed by atoms with Crippen molar-refractivity contribution >= 4 is 17.3 Å². The van der Waals surface area contributed by atoms with E-state index in [-0.39, 0.29) is 0 Å². The molecule has 4 heteroatoms. The van der Waals surface area contributed by atoms with Crippen molar-refractivity contribution in [3.8, 4) is 11.3 Å². The van der Waals surface area contributed by atoms with Gasteiger partial charge in [0.15, 0.2) is 0 Å². The van der Waals surface area contributed by atoms with Crippen molar-refractivity contribution in [1.29, 1.82) is 0 Å². The van der Waals surface area contributed by atoms with Gasteiger partial charge in [-0.25, -0.2) is 0 Å². The van der Waals surface area contributed by atoms with Crippen LogP contribution in [0.5, 0.6) is 0 Å². The summed E-state index contributed by atoms with van der Waals surface area (Å²) in [6, 6.07) is 21.4. The summed E-state index contributed by atoms with van der Waals surface area (Å²) in [5, 5.41) is 3.34. The molecule has 0 aliphatic carbocycles. The molecule has 0 fully saturated rings. The first kappa shape index (κ1) is 13.8. The molecule has 0 unspecified atom stereocenters. The van der Waals surface area contributed by atoms with Crippen molar-refractivity contribution in [1.82, 2.24) is 4.98 Å². The second-order valence-corrected chi connectivity index (χ2v) is 4.87. The van der Waals surface area contributed by atoms with Crippen LogP contribution in [0.25, 0.3) is 11.3 Å². The standard InChI is InChI=1S/C18H15N3O/c19-18(22)14-9-10-17(20-12-14)13-5-4-8-16(11-13)21-15-6-2-1-3-7-15/h1-12,21H,(H2,19,22). The number of para-hydroxylation sites is 1. The van der Waals surface area contributed by atoms with Crippen molar-refractivity contribution < 1.29 is 4.79 Å². The van der Waals surface area contributed by atoms with Gasteiger partial charge in [0.1, 0.15) is 0 Å². The average molecular weight is 289 g/mol. The van der Waals surface area contributed by atoms with E-state index in [0.29, 0.717) is 5.56 Å². The van der Waals surface area contributed by atoms with Crippen LogP contribution in [-0.4, -0.2) is 10.9 Å². The SMILES string of the molecule is NC(=O)c1ccc(-c2cccc(Nc3ccccc3)c2)nc1. The molecular formula is C18H15N3O. The molecule has 3 rings (SSSR count). The van der Waals surface area contributed by atoms with Crippen LogP contribution in [0.3, 0.4) is 0 Å². The fraction of sp³-hybridized carbons (Fsp3) is 0. The number of aromatic nitrogens is 1. The largest absolute Gasteiger partial charge is 0.366 e. The van der Waals surface area contributed by atoms with Crippen molar-refractivity contribution in [3.05, 3.63) is 78.5 Å². The van der Waals surface area contributed by atoms with E-state index in [4.69, 9.17) is 5.73 Å². The molecule has 3 N–H and O–H groups in total. The summed E-state index contributed by atoms with van der Waals surface area (Å²) in [5.74, 6) is -0.474. The van der Waals surface area contributed by atoms with Crippen LogP contribution in [0.4, 0.5) is 11.4 Å². The lowest BCUT2D eigenvalue weighted by molar-refractivity contribution is 0.1000. The van der Waals surface area contributed by atoms with Crippen LogP contribution >= 0.6 is 0 Å². The number of anilines is 2. The zero-order valence-corrected chi connectivity index (χ0v) is 11.9. The van der Waals surface area contributed by atoms with Crippen molar-refractivity contribution in [3.63, 3.8) is 0 Å². The molecule has 0 bridgehead atoms. The Labute approximate surface area is 128 Å². The predicted octanol–water partition coefficient (Wildman–Crippen LogP) is 3.59. The van der Waals surface area contributed by atoms with Gasteiger partial charge in [0.05, 0.1) is 11.3 Å². The molecule has 0 saturated carbocycles. The summed E-state index contributed by atoms with van der Waals surface area (Å²) >= 11 is 0. The molecule has 4 nitrogen and oxygen atoms in total. The van der Waals surface area contributed by atoms with E-state index in [1.807, 2.05) is 54.6 Å². The molecule has 2 aromatic carbocycles. The molecule has 3 aromatic rings. The molecule has 108 valence electrons. The van der Waals surface area contributed by atoms with E-state index < -0.39 is 5.91 Å². The number of nitrogens with zero attached hydrogens (tertiary/aromatic N) is 1. The van der Waals surface area contributed by atoms with Gasteiger partial charge in [-0.15, -0.1) is 0 Å². The number of benzene rings is 2. The minimum atomic E-state index is -0.474. The molecule has 1 heterocycles. The van der Waals surface area contributed by atoms with Gasteiger partial charge in [-0.3, -0.25) is 9.78 Å². The number of amides is 1. The number of rotatable bonds is 4. The number of hydrogen-bond acceptors (Lipinski definition) is 3. The summed E-state index contributed by atoms with van der Waals surface area (Å²) in [6.45, 7) is 0. The van der Waals surface area contributed by atoms with Gasteiger partial charge in [0.2, 0.25) is 5.91 Å². The monoisotopic (exact) mass is 289 g/mol. The van der Waals surface area contributed by atoms with E-state index in [0.717, 1.165) is 22.6 Å². The number of nitrogens with two attached hydrogens (primary N) is 1. The van der Waals surface area contributed by atoms with Gasteiger partial charge in [0.25, 0.3) is 0 Å². The summed E-state index contributed by atoms with van der Waals surface area (Å²) in [5.41, 5.74) is 9.39. The second kappa shape index (κ2) is 6.10. The number of nitrogens with one attached hydrogen (secondary N) is 1. The summed E-state index contributed by atoms with van der Waals surface area (Å²) in [4.78, 5) is 15.4.